The molecule has 0 unspecified atom stereocenters. The lowest BCUT2D eigenvalue weighted by Crippen LogP contribution is -1.82. The van der Waals surface area contributed by atoms with Gasteiger partial charge in [-0.2, -0.15) is 0 Å². The highest BCUT2D eigenvalue weighted by Crippen LogP contribution is 2.38. The van der Waals surface area contributed by atoms with Crippen molar-refractivity contribution in [2.75, 3.05) is 7.11 Å². The molecule has 0 aliphatic heterocycles. The number of aryl methyl sites for hydroxylation is 1. The molecule has 68 valence electrons. The standard InChI is InChI=1S/C10H10O2S/c1-6-5-13-10-8(12-2)4-3-7(11)9(6)10/h3-5,11H,1-2H3. The molecule has 1 heterocycles. The molecule has 0 saturated carbocycles. The minimum Gasteiger partial charge on any atom is -0.507 e. The van der Waals surface area contributed by atoms with E-state index >= 15 is 0 Å². The Kier molecular flexibility index (Phi) is 1.88. The zero-order valence-electron chi connectivity index (χ0n) is 7.50. The second kappa shape index (κ2) is 2.92. The number of fused-ring (bicyclic) bond motifs is 1. The van der Waals surface area contributed by atoms with E-state index in [4.69, 9.17) is 4.74 Å². The number of methoxy groups -OCH3 is 1. The number of rotatable bonds is 1. The van der Waals surface area contributed by atoms with Gasteiger partial charge in [-0.3, -0.25) is 0 Å². The average Bonchev–Trinajstić information content (AvgIpc) is 2.50. The van der Waals surface area contributed by atoms with Crippen molar-refractivity contribution in [1.29, 1.82) is 0 Å². The second-order valence-electron chi connectivity index (χ2n) is 2.91. The summed E-state index contributed by atoms with van der Waals surface area (Å²) in [7, 11) is 1.64. The van der Waals surface area contributed by atoms with Gasteiger partial charge in [0.2, 0.25) is 0 Å². The molecule has 0 aliphatic rings. The third-order valence-electron chi connectivity index (χ3n) is 2.07. The Morgan fingerprint density at radius 2 is 2.15 bits per heavy atom. The van der Waals surface area contributed by atoms with Crippen molar-refractivity contribution >= 4 is 21.4 Å². The van der Waals surface area contributed by atoms with E-state index < -0.39 is 0 Å². The van der Waals surface area contributed by atoms with Crippen LogP contribution in [0.3, 0.4) is 0 Å². The van der Waals surface area contributed by atoms with Gasteiger partial charge in [0.05, 0.1) is 11.8 Å². The topological polar surface area (TPSA) is 29.5 Å². The number of thiophene rings is 1. The summed E-state index contributed by atoms with van der Waals surface area (Å²) >= 11 is 1.59. The highest BCUT2D eigenvalue weighted by atomic mass is 32.1. The molecule has 13 heavy (non-hydrogen) atoms. The molecule has 0 amide bonds. The van der Waals surface area contributed by atoms with Crippen LogP contribution >= 0.6 is 11.3 Å². The molecule has 0 aliphatic carbocycles. The van der Waals surface area contributed by atoms with Gasteiger partial charge < -0.3 is 9.84 Å². The highest BCUT2D eigenvalue weighted by molar-refractivity contribution is 7.17. The van der Waals surface area contributed by atoms with Gasteiger partial charge >= 0.3 is 0 Å². The van der Waals surface area contributed by atoms with Crippen LogP contribution in [0.25, 0.3) is 10.1 Å². The normalized spacial score (nSPS) is 10.6. The summed E-state index contributed by atoms with van der Waals surface area (Å²) in [4.78, 5) is 0. The summed E-state index contributed by atoms with van der Waals surface area (Å²) in [5.74, 6) is 1.15. The molecule has 0 atom stereocenters. The first-order valence-electron chi connectivity index (χ1n) is 3.98. The summed E-state index contributed by atoms with van der Waals surface area (Å²) in [6.45, 7) is 1.98. The van der Waals surface area contributed by atoms with Crippen molar-refractivity contribution in [1.82, 2.24) is 0 Å². The van der Waals surface area contributed by atoms with Crippen LogP contribution in [0.2, 0.25) is 0 Å². The summed E-state index contributed by atoms with van der Waals surface area (Å²) < 4.78 is 6.21. The lowest BCUT2D eigenvalue weighted by Gasteiger charge is -2.02. The van der Waals surface area contributed by atoms with E-state index in [0.29, 0.717) is 5.75 Å². The maximum Gasteiger partial charge on any atom is 0.136 e. The first-order valence-corrected chi connectivity index (χ1v) is 4.85. The molecule has 0 bridgehead atoms. The van der Waals surface area contributed by atoms with Crippen molar-refractivity contribution in [3.63, 3.8) is 0 Å². The molecule has 0 spiro atoms. The molecule has 1 aromatic heterocycles. The van der Waals surface area contributed by atoms with Crippen molar-refractivity contribution in [2.45, 2.75) is 6.92 Å². The van der Waals surface area contributed by atoms with Gasteiger partial charge in [0.15, 0.2) is 0 Å². The first kappa shape index (κ1) is 8.38. The van der Waals surface area contributed by atoms with Crippen LogP contribution in [-0.2, 0) is 0 Å². The van der Waals surface area contributed by atoms with Crippen molar-refractivity contribution < 1.29 is 9.84 Å². The fraction of sp³-hybridized carbons (Fsp3) is 0.200. The number of hydrogen-bond acceptors (Lipinski definition) is 3. The maximum atomic E-state index is 9.61. The Morgan fingerprint density at radius 1 is 1.38 bits per heavy atom. The van der Waals surface area contributed by atoms with E-state index in [1.54, 1.807) is 30.6 Å². The first-order chi connectivity index (χ1) is 6.24. The molecular weight excluding hydrogens is 184 g/mol. The van der Waals surface area contributed by atoms with E-state index in [2.05, 4.69) is 0 Å². The number of benzene rings is 1. The predicted molar refractivity (Wildman–Crippen MR) is 54.8 cm³/mol. The third kappa shape index (κ3) is 1.16. The number of aromatic hydroxyl groups is 1. The summed E-state index contributed by atoms with van der Waals surface area (Å²) in [5.41, 5.74) is 1.09. The summed E-state index contributed by atoms with van der Waals surface area (Å²) in [5, 5.41) is 12.5. The molecule has 2 rings (SSSR count). The Balaban J connectivity index is 2.87. The van der Waals surface area contributed by atoms with Gasteiger partial charge in [0.1, 0.15) is 11.5 Å². The third-order valence-corrected chi connectivity index (χ3v) is 3.18. The van der Waals surface area contributed by atoms with Crippen LogP contribution in [0.1, 0.15) is 5.56 Å². The van der Waals surface area contributed by atoms with Gasteiger partial charge in [-0.25, -0.2) is 0 Å². The van der Waals surface area contributed by atoms with Crippen molar-refractivity contribution in [3.8, 4) is 11.5 Å². The number of phenols is 1. The molecule has 0 saturated heterocycles. The fourth-order valence-electron chi connectivity index (χ4n) is 1.42. The van der Waals surface area contributed by atoms with E-state index in [1.807, 2.05) is 12.3 Å². The monoisotopic (exact) mass is 194 g/mol. The molecule has 0 radical (unpaired) electrons. The largest absolute Gasteiger partial charge is 0.507 e. The highest BCUT2D eigenvalue weighted by Gasteiger charge is 2.09. The number of phenolic OH excluding ortho intramolecular Hbond substituents is 1. The quantitative estimate of drug-likeness (QED) is 0.756. The van der Waals surface area contributed by atoms with Crippen LogP contribution in [0.4, 0.5) is 0 Å². The fourth-order valence-corrected chi connectivity index (χ4v) is 2.48. The van der Waals surface area contributed by atoms with Gasteiger partial charge in [0.25, 0.3) is 0 Å². The SMILES string of the molecule is COc1ccc(O)c2c(C)csc12. The van der Waals surface area contributed by atoms with Gasteiger partial charge in [0, 0.05) is 5.39 Å². The lowest BCUT2D eigenvalue weighted by molar-refractivity contribution is 0.419. The summed E-state index contributed by atoms with van der Waals surface area (Å²) in [6.07, 6.45) is 0. The molecule has 2 nitrogen and oxygen atoms in total. The minimum atomic E-state index is 0.328. The van der Waals surface area contributed by atoms with E-state index in [-0.39, 0.29) is 0 Å². The van der Waals surface area contributed by atoms with E-state index in [1.165, 1.54) is 0 Å². The lowest BCUT2D eigenvalue weighted by atomic mass is 10.1. The molecule has 3 heteroatoms. The predicted octanol–water partition coefficient (Wildman–Crippen LogP) is 2.92. The molecule has 2 aromatic rings. The second-order valence-corrected chi connectivity index (χ2v) is 3.79. The Hall–Kier alpha value is -1.22. The molecule has 1 N–H and O–H groups in total. The van der Waals surface area contributed by atoms with E-state index in [9.17, 15) is 5.11 Å². The van der Waals surface area contributed by atoms with Gasteiger partial charge in [-0.1, -0.05) is 0 Å². The van der Waals surface area contributed by atoms with Crippen LogP contribution in [-0.4, -0.2) is 12.2 Å². The van der Waals surface area contributed by atoms with Crippen molar-refractivity contribution in [3.05, 3.63) is 23.1 Å². The molecule has 1 aromatic carbocycles. The zero-order chi connectivity index (χ0) is 9.42. The van der Waals surface area contributed by atoms with Crippen LogP contribution in [0.5, 0.6) is 11.5 Å². The minimum absolute atomic E-state index is 0.328. The smallest absolute Gasteiger partial charge is 0.136 e. The molecular formula is C10H10O2S. The average molecular weight is 194 g/mol. The van der Waals surface area contributed by atoms with Crippen LogP contribution < -0.4 is 4.74 Å². The van der Waals surface area contributed by atoms with Gasteiger partial charge in [-0.05, 0) is 30.0 Å². The summed E-state index contributed by atoms with van der Waals surface area (Å²) in [6, 6.07) is 3.45. The molecule has 0 fully saturated rings. The Labute approximate surface area is 80.4 Å². The zero-order valence-corrected chi connectivity index (χ0v) is 8.31. The Bertz CT molecular complexity index is 445. The number of hydrogen-bond donors (Lipinski definition) is 1. The Morgan fingerprint density at radius 3 is 2.85 bits per heavy atom. The van der Waals surface area contributed by atoms with E-state index in [0.717, 1.165) is 21.4 Å². The van der Waals surface area contributed by atoms with Crippen LogP contribution in [0.15, 0.2) is 17.5 Å². The van der Waals surface area contributed by atoms with Crippen molar-refractivity contribution in [2.24, 2.45) is 0 Å². The van der Waals surface area contributed by atoms with Gasteiger partial charge in [-0.15, -0.1) is 11.3 Å². The maximum absolute atomic E-state index is 9.61. The van der Waals surface area contributed by atoms with Crippen LogP contribution in [0, 0.1) is 6.92 Å². The number of ether oxygens (including phenoxy) is 1.